The maximum absolute atomic E-state index is 4.02. The van der Waals surface area contributed by atoms with Crippen molar-refractivity contribution in [1.82, 2.24) is 0 Å². The van der Waals surface area contributed by atoms with Crippen LogP contribution in [0.4, 0.5) is 0 Å². The fraction of sp³-hybridized carbons (Fsp3) is 0.571. The molecular formula is C14H20. The van der Waals surface area contributed by atoms with E-state index in [1.807, 2.05) is 0 Å². The predicted octanol–water partition coefficient (Wildman–Crippen LogP) is 4.11. The monoisotopic (exact) mass is 188 g/mol. The lowest BCUT2D eigenvalue weighted by molar-refractivity contribution is 0.186. The Morgan fingerprint density at radius 2 is 2.14 bits per heavy atom. The summed E-state index contributed by atoms with van der Waals surface area (Å²) in [6, 6.07) is 0. The van der Waals surface area contributed by atoms with Crippen LogP contribution in [0.15, 0.2) is 36.0 Å². The third-order valence-electron chi connectivity index (χ3n) is 4.36. The summed E-state index contributed by atoms with van der Waals surface area (Å²) < 4.78 is 0. The van der Waals surface area contributed by atoms with Gasteiger partial charge in [0.15, 0.2) is 0 Å². The van der Waals surface area contributed by atoms with E-state index in [0.717, 1.165) is 11.8 Å². The molecule has 2 aliphatic rings. The summed E-state index contributed by atoms with van der Waals surface area (Å²) in [5, 5.41) is 0. The van der Waals surface area contributed by atoms with Crippen molar-refractivity contribution >= 4 is 0 Å². The Balaban J connectivity index is 2.39. The molecule has 0 heteroatoms. The molecule has 0 aromatic rings. The Morgan fingerprint density at radius 1 is 1.43 bits per heavy atom. The number of rotatable bonds is 0. The van der Waals surface area contributed by atoms with Gasteiger partial charge in [0.1, 0.15) is 0 Å². The van der Waals surface area contributed by atoms with Gasteiger partial charge in [0.25, 0.3) is 0 Å². The minimum Gasteiger partial charge on any atom is -0.0918 e. The van der Waals surface area contributed by atoms with Crippen LogP contribution in [0.5, 0.6) is 0 Å². The van der Waals surface area contributed by atoms with E-state index in [1.54, 1.807) is 5.57 Å². The second kappa shape index (κ2) is 3.12. The van der Waals surface area contributed by atoms with Gasteiger partial charge in [0, 0.05) is 5.41 Å². The molecule has 0 bridgehead atoms. The van der Waals surface area contributed by atoms with Gasteiger partial charge in [-0.1, -0.05) is 51.2 Å². The van der Waals surface area contributed by atoms with Crippen LogP contribution in [0.2, 0.25) is 0 Å². The maximum atomic E-state index is 4.02. The van der Waals surface area contributed by atoms with Crippen LogP contribution in [0.3, 0.4) is 0 Å². The van der Waals surface area contributed by atoms with Crippen molar-refractivity contribution in [3.05, 3.63) is 36.0 Å². The Labute approximate surface area is 87.4 Å². The maximum Gasteiger partial charge on any atom is 0.00972 e. The van der Waals surface area contributed by atoms with Gasteiger partial charge in [-0.15, -0.1) is 0 Å². The van der Waals surface area contributed by atoms with E-state index in [2.05, 4.69) is 45.6 Å². The third-order valence-corrected chi connectivity index (χ3v) is 4.36. The Morgan fingerprint density at radius 3 is 2.86 bits per heavy atom. The minimum atomic E-state index is 0.304. The van der Waals surface area contributed by atoms with Crippen LogP contribution >= 0.6 is 0 Å². The highest BCUT2D eigenvalue weighted by atomic mass is 14.4. The first-order valence-corrected chi connectivity index (χ1v) is 5.63. The fourth-order valence-electron chi connectivity index (χ4n) is 2.82. The van der Waals surface area contributed by atoms with Gasteiger partial charge in [0.2, 0.25) is 0 Å². The predicted molar refractivity (Wildman–Crippen MR) is 62.0 cm³/mol. The average Bonchev–Trinajstić information content (AvgIpc) is 2.16. The summed E-state index contributed by atoms with van der Waals surface area (Å²) in [6.45, 7) is 11.2. The SMILES string of the molecule is C=C1C=CC2(C)C(=C1)CCC(C)C2C. The van der Waals surface area contributed by atoms with E-state index < -0.39 is 0 Å². The Kier molecular flexibility index (Phi) is 2.17. The van der Waals surface area contributed by atoms with Crippen LogP contribution in [0.1, 0.15) is 33.6 Å². The van der Waals surface area contributed by atoms with Crippen molar-refractivity contribution in [2.24, 2.45) is 17.3 Å². The highest BCUT2D eigenvalue weighted by molar-refractivity contribution is 5.42. The molecule has 0 amide bonds. The zero-order valence-corrected chi connectivity index (χ0v) is 9.51. The molecule has 2 aliphatic carbocycles. The molecule has 76 valence electrons. The summed E-state index contributed by atoms with van der Waals surface area (Å²) >= 11 is 0. The summed E-state index contributed by atoms with van der Waals surface area (Å²) in [7, 11) is 0. The van der Waals surface area contributed by atoms with Crippen LogP contribution in [0, 0.1) is 17.3 Å². The molecular weight excluding hydrogens is 168 g/mol. The highest BCUT2D eigenvalue weighted by Crippen LogP contribution is 2.50. The lowest BCUT2D eigenvalue weighted by Crippen LogP contribution is -2.35. The van der Waals surface area contributed by atoms with Crippen molar-refractivity contribution < 1.29 is 0 Å². The summed E-state index contributed by atoms with van der Waals surface area (Å²) in [5.74, 6) is 1.60. The molecule has 0 spiro atoms. The molecule has 3 unspecified atom stereocenters. The Hall–Kier alpha value is -0.780. The van der Waals surface area contributed by atoms with Gasteiger partial charge in [-0.3, -0.25) is 0 Å². The average molecular weight is 188 g/mol. The van der Waals surface area contributed by atoms with Crippen LogP contribution in [-0.2, 0) is 0 Å². The number of hydrogen-bond acceptors (Lipinski definition) is 0. The molecule has 2 rings (SSSR count). The Bertz CT molecular complexity index is 319. The summed E-state index contributed by atoms with van der Waals surface area (Å²) in [4.78, 5) is 0. The van der Waals surface area contributed by atoms with Crippen LogP contribution in [0.25, 0.3) is 0 Å². The molecule has 0 aromatic carbocycles. The highest BCUT2D eigenvalue weighted by Gasteiger charge is 2.39. The van der Waals surface area contributed by atoms with Gasteiger partial charge in [-0.05, 0) is 30.3 Å². The molecule has 14 heavy (non-hydrogen) atoms. The molecule has 0 aromatic heterocycles. The van der Waals surface area contributed by atoms with Crippen LogP contribution < -0.4 is 0 Å². The van der Waals surface area contributed by atoms with E-state index in [1.165, 1.54) is 18.4 Å². The first kappa shape index (κ1) is 9.76. The first-order chi connectivity index (χ1) is 6.54. The third kappa shape index (κ3) is 1.28. The number of fused-ring (bicyclic) bond motifs is 1. The quantitative estimate of drug-likeness (QED) is 0.536. The van der Waals surface area contributed by atoms with E-state index in [4.69, 9.17) is 0 Å². The molecule has 0 heterocycles. The smallest absolute Gasteiger partial charge is 0.00972 e. The van der Waals surface area contributed by atoms with Crippen molar-refractivity contribution in [2.45, 2.75) is 33.6 Å². The summed E-state index contributed by atoms with van der Waals surface area (Å²) in [6.07, 6.45) is 9.43. The van der Waals surface area contributed by atoms with Crippen molar-refractivity contribution in [2.75, 3.05) is 0 Å². The molecule has 3 atom stereocenters. The van der Waals surface area contributed by atoms with Gasteiger partial charge in [-0.25, -0.2) is 0 Å². The molecule has 1 saturated carbocycles. The second-order valence-corrected chi connectivity index (χ2v) is 5.17. The molecule has 0 nitrogen and oxygen atoms in total. The molecule has 0 N–H and O–H groups in total. The van der Waals surface area contributed by atoms with Gasteiger partial charge >= 0.3 is 0 Å². The van der Waals surface area contributed by atoms with E-state index in [-0.39, 0.29) is 0 Å². The second-order valence-electron chi connectivity index (χ2n) is 5.17. The topological polar surface area (TPSA) is 0 Å². The zero-order chi connectivity index (χ0) is 10.3. The van der Waals surface area contributed by atoms with Crippen molar-refractivity contribution in [3.63, 3.8) is 0 Å². The van der Waals surface area contributed by atoms with E-state index in [0.29, 0.717) is 5.41 Å². The van der Waals surface area contributed by atoms with Crippen LogP contribution in [-0.4, -0.2) is 0 Å². The van der Waals surface area contributed by atoms with Gasteiger partial charge in [0.05, 0.1) is 0 Å². The fourth-order valence-corrected chi connectivity index (χ4v) is 2.82. The summed E-state index contributed by atoms with van der Waals surface area (Å²) in [5.41, 5.74) is 3.06. The number of allylic oxidation sites excluding steroid dienone is 5. The van der Waals surface area contributed by atoms with Gasteiger partial charge in [-0.2, -0.15) is 0 Å². The normalized spacial score (nSPS) is 41.9. The molecule has 0 saturated heterocycles. The lowest BCUT2D eigenvalue weighted by atomic mass is 9.59. The first-order valence-electron chi connectivity index (χ1n) is 5.63. The standard InChI is InChI=1S/C14H20/c1-10-7-8-14(4)12(3)11(2)5-6-13(14)9-10/h7-9,11-12H,1,5-6H2,2-4H3. The van der Waals surface area contributed by atoms with E-state index in [9.17, 15) is 0 Å². The lowest BCUT2D eigenvalue weighted by Gasteiger charge is -2.45. The minimum absolute atomic E-state index is 0.304. The number of hydrogen-bond donors (Lipinski definition) is 0. The largest absolute Gasteiger partial charge is 0.0918 e. The molecule has 0 radical (unpaired) electrons. The van der Waals surface area contributed by atoms with Crippen molar-refractivity contribution in [1.29, 1.82) is 0 Å². The van der Waals surface area contributed by atoms with E-state index >= 15 is 0 Å². The van der Waals surface area contributed by atoms with Crippen molar-refractivity contribution in [3.8, 4) is 0 Å². The van der Waals surface area contributed by atoms with Gasteiger partial charge < -0.3 is 0 Å². The molecule has 1 fully saturated rings. The molecule has 0 aliphatic heterocycles. The zero-order valence-electron chi connectivity index (χ0n) is 9.51.